The fourth-order valence-electron chi connectivity index (χ4n) is 2.87. The van der Waals surface area contributed by atoms with Gasteiger partial charge < -0.3 is 5.11 Å². The molecule has 1 aliphatic rings. The van der Waals surface area contributed by atoms with Crippen LogP contribution in [0, 0.1) is 5.41 Å². The lowest BCUT2D eigenvalue weighted by atomic mass is 9.83. The van der Waals surface area contributed by atoms with Gasteiger partial charge in [-0.2, -0.15) is 5.10 Å². The predicted octanol–water partition coefficient (Wildman–Crippen LogP) is 1.50. The van der Waals surface area contributed by atoms with E-state index in [0.29, 0.717) is 6.54 Å². The Balaban J connectivity index is 2.00. The lowest BCUT2D eigenvalue weighted by Crippen LogP contribution is -2.34. The summed E-state index contributed by atoms with van der Waals surface area (Å²) in [7, 11) is 1.89. The minimum atomic E-state index is -0.641. The number of carbonyl (C=O) groups is 1. The predicted molar refractivity (Wildman–Crippen MR) is 68.1 cm³/mol. The van der Waals surface area contributed by atoms with E-state index in [0.717, 1.165) is 37.9 Å². The lowest BCUT2D eigenvalue weighted by Gasteiger charge is -2.24. The summed E-state index contributed by atoms with van der Waals surface area (Å²) in [6.07, 6.45) is 6.29. The second kappa shape index (κ2) is 5.10. The molecule has 2 rings (SSSR count). The first-order valence-corrected chi connectivity index (χ1v) is 6.49. The number of likely N-dealkylation sites (tertiary alicyclic amines) is 1. The second-order valence-corrected chi connectivity index (χ2v) is 5.32. The standard InChI is InChI=1S/C13H21N3O2/c1-3-4-13(12(17)18)5-6-16(10-13)9-11-7-14-15(2)8-11/h7-8H,3-6,9-10H2,1-2H3,(H,17,18). The summed E-state index contributed by atoms with van der Waals surface area (Å²) >= 11 is 0. The Labute approximate surface area is 107 Å². The van der Waals surface area contributed by atoms with Crippen LogP contribution >= 0.6 is 0 Å². The fourth-order valence-corrected chi connectivity index (χ4v) is 2.87. The Morgan fingerprint density at radius 1 is 1.61 bits per heavy atom. The van der Waals surface area contributed by atoms with Crippen LogP contribution in [0.25, 0.3) is 0 Å². The second-order valence-electron chi connectivity index (χ2n) is 5.32. The molecule has 0 aliphatic carbocycles. The van der Waals surface area contributed by atoms with Gasteiger partial charge in [0.25, 0.3) is 0 Å². The number of hydrogen-bond donors (Lipinski definition) is 1. The van der Waals surface area contributed by atoms with Crippen molar-refractivity contribution < 1.29 is 9.90 Å². The molecule has 18 heavy (non-hydrogen) atoms. The SMILES string of the molecule is CCCC1(C(=O)O)CCN(Cc2cnn(C)c2)C1. The van der Waals surface area contributed by atoms with E-state index >= 15 is 0 Å². The molecule has 5 heteroatoms. The summed E-state index contributed by atoms with van der Waals surface area (Å²) < 4.78 is 1.78. The zero-order chi connectivity index (χ0) is 13.2. The molecule has 2 heterocycles. The summed E-state index contributed by atoms with van der Waals surface area (Å²) in [5, 5.41) is 13.6. The first-order valence-electron chi connectivity index (χ1n) is 6.49. The van der Waals surface area contributed by atoms with Gasteiger partial charge in [0, 0.05) is 31.9 Å². The highest BCUT2D eigenvalue weighted by atomic mass is 16.4. The van der Waals surface area contributed by atoms with Crippen molar-refractivity contribution in [1.29, 1.82) is 0 Å². The Morgan fingerprint density at radius 3 is 2.94 bits per heavy atom. The zero-order valence-corrected chi connectivity index (χ0v) is 11.1. The Bertz CT molecular complexity index is 430. The molecule has 0 bridgehead atoms. The molecule has 1 saturated heterocycles. The normalized spacial score (nSPS) is 24.6. The molecule has 0 amide bonds. The third-order valence-electron chi connectivity index (χ3n) is 3.78. The fraction of sp³-hybridized carbons (Fsp3) is 0.692. The monoisotopic (exact) mass is 251 g/mol. The molecule has 1 aliphatic heterocycles. The highest BCUT2D eigenvalue weighted by Crippen LogP contribution is 2.36. The van der Waals surface area contributed by atoms with Crippen LogP contribution in [0.1, 0.15) is 31.7 Å². The van der Waals surface area contributed by atoms with Crippen molar-refractivity contribution in [3.05, 3.63) is 18.0 Å². The van der Waals surface area contributed by atoms with Gasteiger partial charge in [-0.05, 0) is 19.4 Å². The summed E-state index contributed by atoms with van der Waals surface area (Å²) in [6, 6.07) is 0. The molecule has 0 aromatic carbocycles. The van der Waals surface area contributed by atoms with Gasteiger partial charge in [0.1, 0.15) is 0 Å². The minimum Gasteiger partial charge on any atom is -0.481 e. The van der Waals surface area contributed by atoms with E-state index in [1.165, 1.54) is 0 Å². The number of aryl methyl sites for hydroxylation is 1. The van der Waals surface area contributed by atoms with E-state index in [1.54, 1.807) is 4.68 Å². The van der Waals surface area contributed by atoms with E-state index in [2.05, 4.69) is 16.9 Å². The maximum atomic E-state index is 11.5. The van der Waals surface area contributed by atoms with Gasteiger partial charge in [-0.15, -0.1) is 0 Å². The van der Waals surface area contributed by atoms with Gasteiger partial charge in [0.2, 0.25) is 0 Å². The molecule has 100 valence electrons. The molecule has 0 saturated carbocycles. The Hall–Kier alpha value is -1.36. The van der Waals surface area contributed by atoms with Crippen LogP contribution in [-0.2, 0) is 18.4 Å². The topological polar surface area (TPSA) is 58.4 Å². The van der Waals surface area contributed by atoms with Crippen LogP contribution in [0.15, 0.2) is 12.4 Å². The number of carboxylic acids is 1. The largest absolute Gasteiger partial charge is 0.481 e. The summed E-state index contributed by atoms with van der Waals surface area (Å²) in [6.45, 7) is 4.37. The van der Waals surface area contributed by atoms with E-state index < -0.39 is 11.4 Å². The number of carboxylic acid groups (broad SMARTS) is 1. The molecule has 1 N–H and O–H groups in total. The smallest absolute Gasteiger partial charge is 0.310 e. The molecule has 1 aromatic heterocycles. The Morgan fingerprint density at radius 2 is 2.39 bits per heavy atom. The van der Waals surface area contributed by atoms with Crippen molar-refractivity contribution in [2.75, 3.05) is 13.1 Å². The molecule has 1 atom stereocenters. The van der Waals surface area contributed by atoms with Crippen molar-refractivity contribution in [3.63, 3.8) is 0 Å². The first-order chi connectivity index (χ1) is 8.55. The molecule has 0 spiro atoms. The molecular formula is C13H21N3O2. The average Bonchev–Trinajstić information content (AvgIpc) is 2.88. The van der Waals surface area contributed by atoms with Crippen LogP contribution in [0.5, 0.6) is 0 Å². The molecule has 0 radical (unpaired) electrons. The van der Waals surface area contributed by atoms with Crippen LogP contribution in [0.4, 0.5) is 0 Å². The highest BCUT2D eigenvalue weighted by molar-refractivity contribution is 5.75. The van der Waals surface area contributed by atoms with Gasteiger partial charge in [-0.3, -0.25) is 14.4 Å². The number of hydrogen-bond acceptors (Lipinski definition) is 3. The molecule has 1 fully saturated rings. The molecule has 5 nitrogen and oxygen atoms in total. The quantitative estimate of drug-likeness (QED) is 0.861. The van der Waals surface area contributed by atoms with Crippen LogP contribution in [0.3, 0.4) is 0 Å². The van der Waals surface area contributed by atoms with Gasteiger partial charge in [-0.1, -0.05) is 13.3 Å². The van der Waals surface area contributed by atoms with Crippen molar-refractivity contribution in [2.45, 2.75) is 32.7 Å². The van der Waals surface area contributed by atoms with Crippen molar-refractivity contribution in [2.24, 2.45) is 12.5 Å². The lowest BCUT2D eigenvalue weighted by molar-refractivity contribution is -0.148. The van der Waals surface area contributed by atoms with Crippen LogP contribution in [-0.4, -0.2) is 38.8 Å². The number of aromatic nitrogens is 2. The van der Waals surface area contributed by atoms with Crippen LogP contribution in [0.2, 0.25) is 0 Å². The van der Waals surface area contributed by atoms with Crippen molar-refractivity contribution >= 4 is 5.97 Å². The van der Waals surface area contributed by atoms with Crippen LogP contribution < -0.4 is 0 Å². The number of rotatable bonds is 5. The van der Waals surface area contributed by atoms with E-state index in [9.17, 15) is 9.90 Å². The maximum absolute atomic E-state index is 11.5. The molecule has 1 aromatic rings. The summed E-state index contributed by atoms with van der Waals surface area (Å²) in [5.74, 6) is -0.641. The van der Waals surface area contributed by atoms with Gasteiger partial charge >= 0.3 is 5.97 Å². The summed E-state index contributed by atoms with van der Waals surface area (Å²) in [4.78, 5) is 13.7. The van der Waals surface area contributed by atoms with E-state index in [4.69, 9.17) is 0 Å². The third-order valence-corrected chi connectivity index (χ3v) is 3.78. The molecular weight excluding hydrogens is 230 g/mol. The molecule has 1 unspecified atom stereocenters. The third kappa shape index (κ3) is 2.56. The summed E-state index contributed by atoms with van der Waals surface area (Å²) in [5.41, 5.74) is 0.618. The van der Waals surface area contributed by atoms with Gasteiger partial charge in [-0.25, -0.2) is 0 Å². The number of aliphatic carboxylic acids is 1. The zero-order valence-electron chi connectivity index (χ0n) is 11.1. The van der Waals surface area contributed by atoms with E-state index in [-0.39, 0.29) is 0 Å². The average molecular weight is 251 g/mol. The number of nitrogens with zero attached hydrogens (tertiary/aromatic N) is 3. The Kier molecular flexibility index (Phi) is 3.71. The van der Waals surface area contributed by atoms with E-state index in [1.807, 2.05) is 19.4 Å². The van der Waals surface area contributed by atoms with Gasteiger partial charge in [0.05, 0.1) is 11.6 Å². The van der Waals surface area contributed by atoms with Crippen molar-refractivity contribution in [3.8, 4) is 0 Å². The maximum Gasteiger partial charge on any atom is 0.310 e. The first kappa shape index (κ1) is 13.1. The van der Waals surface area contributed by atoms with Crippen molar-refractivity contribution in [1.82, 2.24) is 14.7 Å². The van der Waals surface area contributed by atoms with Gasteiger partial charge in [0.15, 0.2) is 0 Å². The minimum absolute atomic E-state index is 0.531. The highest BCUT2D eigenvalue weighted by Gasteiger charge is 2.43.